The zero-order chi connectivity index (χ0) is 25.6. The highest BCUT2D eigenvalue weighted by Gasteiger charge is 2.37. The first-order chi connectivity index (χ1) is 17.2. The summed E-state index contributed by atoms with van der Waals surface area (Å²) in [6.07, 6.45) is 1.07. The van der Waals surface area contributed by atoms with Crippen molar-refractivity contribution in [1.82, 2.24) is 5.32 Å². The third-order valence-corrected chi connectivity index (χ3v) is 5.28. The van der Waals surface area contributed by atoms with Gasteiger partial charge in [-0.2, -0.15) is 0 Å². The number of non-ortho nitro benzene ring substituents is 1. The van der Waals surface area contributed by atoms with Gasteiger partial charge in [-0.05, 0) is 36.4 Å². The third kappa shape index (κ3) is 3.77. The number of carbonyl (C=O) groups excluding carboxylic acids is 3. The summed E-state index contributed by atoms with van der Waals surface area (Å²) in [6.45, 7) is -0.0175. The summed E-state index contributed by atoms with van der Waals surface area (Å²) in [5, 5.41) is 24.5. The maximum Gasteiger partial charge on any atom is 0.335 e. The maximum atomic E-state index is 13.1. The van der Waals surface area contributed by atoms with E-state index in [1.807, 2.05) is 0 Å². The molecule has 0 unspecified atom stereocenters. The van der Waals surface area contributed by atoms with E-state index in [0.717, 1.165) is 29.2 Å². The number of rotatable bonds is 5. The van der Waals surface area contributed by atoms with Crippen molar-refractivity contribution < 1.29 is 38.1 Å². The molecule has 0 atom stereocenters. The summed E-state index contributed by atoms with van der Waals surface area (Å²) < 4.78 is 16.0. The Morgan fingerprint density at radius 2 is 1.69 bits per heavy atom. The fraction of sp³-hybridized carbons (Fsp3) is 0.0455. The van der Waals surface area contributed by atoms with Crippen molar-refractivity contribution in [3.8, 4) is 22.8 Å². The van der Waals surface area contributed by atoms with E-state index >= 15 is 0 Å². The minimum Gasteiger partial charge on any atom is -0.456 e. The minimum absolute atomic E-state index is 0.0175. The van der Waals surface area contributed by atoms with Crippen molar-refractivity contribution in [2.24, 2.45) is 0 Å². The Kier molecular flexibility index (Phi) is 5.17. The first-order valence-electron chi connectivity index (χ1n) is 10.1. The van der Waals surface area contributed by atoms with Crippen LogP contribution in [0, 0.1) is 20.2 Å². The molecule has 2 aliphatic heterocycles. The number of nitrogens with zero attached hydrogens (tertiary/aromatic N) is 3. The maximum absolute atomic E-state index is 13.1. The number of ether oxygens (including phenoxy) is 2. The van der Waals surface area contributed by atoms with E-state index in [0.29, 0.717) is 11.5 Å². The SMILES string of the molecule is O=C1NC(=O)N(c2ccc3c(c2)OCO3)C(=O)/C1=C/c1ccc(-c2ccc([N+](=O)[O-])cc2[N+](=O)[O-])o1. The number of benzene rings is 2. The molecule has 0 saturated carbocycles. The van der Waals surface area contributed by atoms with Gasteiger partial charge in [-0.15, -0.1) is 0 Å². The first kappa shape index (κ1) is 22.3. The van der Waals surface area contributed by atoms with Crippen molar-refractivity contribution in [3.05, 3.63) is 80.1 Å². The van der Waals surface area contributed by atoms with Crippen LogP contribution in [0.2, 0.25) is 0 Å². The molecule has 36 heavy (non-hydrogen) atoms. The predicted octanol–water partition coefficient (Wildman–Crippen LogP) is 3.16. The first-order valence-corrected chi connectivity index (χ1v) is 10.1. The minimum atomic E-state index is -0.971. The number of nitrogens with one attached hydrogen (secondary N) is 1. The van der Waals surface area contributed by atoms with Gasteiger partial charge in [0.25, 0.3) is 23.2 Å². The molecule has 1 N–H and O–H groups in total. The number of hydrogen-bond donors (Lipinski definition) is 1. The second-order valence-electron chi connectivity index (χ2n) is 7.41. The molecule has 1 saturated heterocycles. The fourth-order valence-electron chi connectivity index (χ4n) is 3.63. The smallest absolute Gasteiger partial charge is 0.335 e. The molecule has 14 heteroatoms. The van der Waals surface area contributed by atoms with E-state index < -0.39 is 44.6 Å². The zero-order valence-electron chi connectivity index (χ0n) is 17.8. The Hall–Kier alpha value is -5.53. The standard InChI is InChI=1S/C22H12N4O10/c27-20-15(21(28)24(22(29)23-20)11-2-5-18-19(8-11)35-10-34-18)9-13-3-6-17(36-13)14-4-1-12(25(30)31)7-16(14)26(32)33/h1-9H,10H2,(H,23,27,29)/b15-9+. The van der Waals surface area contributed by atoms with Crippen LogP contribution in [0.4, 0.5) is 21.9 Å². The molecule has 1 aromatic heterocycles. The van der Waals surface area contributed by atoms with Crippen LogP contribution in [0.25, 0.3) is 17.4 Å². The summed E-state index contributed by atoms with van der Waals surface area (Å²) >= 11 is 0. The number of hydrogen-bond acceptors (Lipinski definition) is 10. The normalized spacial score (nSPS) is 15.8. The lowest BCUT2D eigenvalue weighted by atomic mass is 10.1. The number of fused-ring (bicyclic) bond motifs is 1. The largest absolute Gasteiger partial charge is 0.456 e. The highest BCUT2D eigenvalue weighted by molar-refractivity contribution is 6.39. The van der Waals surface area contributed by atoms with Gasteiger partial charge in [0.05, 0.1) is 27.2 Å². The molecule has 5 rings (SSSR count). The Bertz CT molecular complexity index is 1520. The number of nitro benzene ring substituents is 2. The molecule has 2 aromatic carbocycles. The number of urea groups is 1. The summed E-state index contributed by atoms with van der Waals surface area (Å²) in [4.78, 5) is 59.5. The molecule has 3 aromatic rings. The molecule has 2 aliphatic rings. The van der Waals surface area contributed by atoms with E-state index in [2.05, 4.69) is 5.32 Å². The van der Waals surface area contributed by atoms with Gasteiger partial charge < -0.3 is 13.9 Å². The molecule has 0 radical (unpaired) electrons. The summed E-state index contributed by atoms with van der Waals surface area (Å²) in [5.41, 5.74) is -1.40. The summed E-state index contributed by atoms with van der Waals surface area (Å²) in [6, 6.07) is 9.10. The second-order valence-corrected chi connectivity index (χ2v) is 7.41. The topological polar surface area (TPSA) is 184 Å². The molecular weight excluding hydrogens is 480 g/mol. The van der Waals surface area contributed by atoms with Gasteiger partial charge in [0.2, 0.25) is 6.79 Å². The highest BCUT2D eigenvalue weighted by atomic mass is 16.7. The summed E-state index contributed by atoms with van der Waals surface area (Å²) in [7, 11) is 0. The molecule has 3 heterocycles. The molecule has 14 nitrogen and oxygen atoms in total. The molecular formula is C22H12N4O10. The van der Waals surface area contributed by atoms with Crippen LogP contribution >= 0.6 is 0 Å². The zero-order valence-corrected chi connectivity index (χ0v) is 17.8. The van der Waals surface area contributed by atoms with Crippen molar-refractivity contribution in [3.63, 3.8) is 0 Å². The van der Waals surface area contributed by atoms with Crippen LogP contribution < -0.4 is 19.7 Å². The van der Waals surface area contributed by atoms with Crippen molar-refractivity contribution in [2.45, 2.75) is 0 Å². The number of carbonyl (C=O) groups is 3. The van der Waals surface area contributed by atoms with E-state index in [-0.39, 0.29) is 29.6 Å². The number of anilines is 1. The average molecular weight is 492 g/mol. The molecule has 0 bridgehead atoms. The fourth-order valence-corrected chi connectivity index (χ4v) is 3.63. The second kappa shape index (κ2) is 8.35. The van der Waals surface area contributed by atoms with E-state index in [9.17, 15) is 34.6 Å². The van der Waals surface area contributed by atoms with Gasteiger partial charge >= 0.3 is 6.03 Å². The van der Waals surface area contributed by atoms with Gasteiger partial charge in [0.15, 0.2) is 11.5 Å². The Morgan fingerprint density at radius 1 is 0.917 bits per heavy atom. The van der Waals surface area contributed by atoms with Crippen LogP contribution in [0.1, 0.15) is 5.76 Å². The van der Waals surface area contributed by atoms with Gasteiger partial charge in [-0.3, -0.25) is 35.1 Å². The number of furan rings is 1. The molecule has 0 spiro atoms. The summed E-state index contributed by atoms with van der Waals surface area (Å²) in [5.74, 6) is -1.23. The highest BCUT2D eigenvalue weighted by Crippen LogP contribution is 2.37. The van der Waals surface area contributed by atoms with Crippen molar-refractivity contribution in [2.75, 3.05) is 11.7 Å². The van der Waals surface area contributed by atoms with Crippen molar-refractivity contribution in [1.29, 1.82) is 0 Å². The number of nitro groups is 2. The Labute approximate surface area is 199 Å². The van der Waals surface area contributed by atoms with Crippen LogP contribution in [-0.2, 0) is 9.59 Å². The Balaban J connectivity index is 1.48. The number of imide groups is 2. The van der Waals surface area contributed by atoms with E-state index in [4.69, 9.17) is 13.9 Å². The predicted molar refractivity (Wildman–Crippen MR) is 119 cm³/mol. The quantitative estimate of drug-likeness (QED) is 0.240. The van der Waals surface area contributed by atoms with Crippen LogP contribution in [0.15, 0.2) is 58.5 Å². The van der Waals surface area contributed by atoms with E-state index in [1.165, 1.54) is 30.3 Å². The third-order valence-electron chi connectivity index (χ3n) is 5.28. The number of amides is 4. The van der Waals surface area contributed by atoms with Gasteiger partial charge in [-0.25, -0.2) is 9.69 Å². The monoisotopic (exact) mass is 492 g/mol. The van der Waals surface area contributed by atoms with Gasteiger partial charge in [0, 0.05) is 12.1 Å². The lowest BCUT2D eigenvalue weighted by molar-refractivity contribution is -0.393. The van der Waals surface area contributed by atoms with Crippen LogP contribution in [-0.4, -0.2) is 34.5 Å². The molecule has 1 fully saturated rings. The van der Waals surface area contributed by atoms with Gasteiger partial charge in [-0.1, -0.05) is 0 Å². The molecule has 4 amide bonds. The van der Waals surface area contributed by atoms with E-state index in [1.54, 1.807) is 0 Å². The van der Waals surface area contributed by atoms with Gasteiger partial charge in [0.1, 0.15) is 17.1 Å². The van der Waals surface area contributed by atoms with Crippen molar-refractivity contribution >= 4 is 41.0 Å². The van der Waals surface area contributed by atoms with Crippen LogP contribution in [0.3, 0.4) is 0 Å². The lowest BCUT2D eigenvalue weighted by Gasteiger charge is -2.26. The number of barbiturate groups is 1. The molecule has 180 valence electrons. The Morgan fingerprint density at radius 3 is 2.44 bits per heavy atom. The molecule has 0 aliphatic carbocycles. The average Bonchev–Trinajstić information content (AvgIpc) is 3.50. The van der Waals surface area contributed by atoms with Crippen LogP contribution in [0.5, 0.6) is 11.5 Å². The lowest BCUT2D eigenvalue weighted by Crippen LogP contribution is -2.54.